The van der Waals surface area contributed by atoms with Crippen molar-refractivity contribution in [3.8, 4) is 0 Å². The van der Waals surface area contributed by atoms with Gasteiger partial charge < -0.3 is 10.2 Å². The summed E-state index contributed by atoms with van der Waals surface area (Å²) in [6, 6.07) is 3.41. The van der Waals surface area contributed by atoms with E-state index in [0.29, 0.717) is 11.3 Å². The van der Waals surface area contributed by atoms with Crippen molar-refractivity contribution in [1.82, 2.24) is 19.5 Å². The Morgan fingerprint density at radius 2 is 2.17 bits per heavy atom. The summed E-state index contributed by atoms with van der Waals surface area (Å²) in [6.07, 6.45) is 8.13. The second-order valence-electron chi connectivity index (χ2n) is 5.28. The molecule has 1 amide bonds. The molecular weight excluding hydrogens is 332 g/mol. The molecule has 0 saturated heterocycles. The Labute approximate surface area is 137 Å². The molecule has 9 nitrogen and oxygen atoms in total. The van der Waals surface area contributed by atoms with Gasteiger partial charge in [-0.3, -0.25) is 9.20 Å². The van der Waals surface area contributed by atoms with Crippen molar-refractivity contribution in [3.05, 3.63) is 48.6 Å². The maximum Gasteiger partial charge on any atom is 0.259 e. The zero-order chi connectivity index (χ0) is 16.7. The third kappa shape index (κ3) is 2.56. The summed E-state index contributed by atoms with van der Waals surface area (Å²) in [4.78, 5) is 14.2. The number of carbonyl (C=O) groups excluding carboxylic acids is 1. The van der Waals surface area contributed by atoms with Gasteiger partial charge in [0.05, 0.1) is 17.0 Å². The molecule has 2 aliphatic heterocycles. The van der Waals surface area contributed by atoms with Gasteiger partial charge in [0.15, 0.2) is 11.5 Å². The minimum Gasteiger partial charge on any atom is -0.331 e. The van der Waals surface area contributed by atoms with E-state index in [4.69, 9.17) is 0 Å². The number of rotatable bonds is 2. The molecule has 0 unspecified atom stereocenters. The van der Waals surface area contributed by atoms with E-state index in [1.807, 2.05) is 0 Å². The summed E-state index contributed by atoms with van der Waals surface area (Å²) in [6.45, 7) is 0.273. The highest BCUT2D eigenvalue weighted by molar-refractivity contribution is 7.90. The first-order valence-corrected chi connectivity index (χ1v) is 8.72. The lowest BCUT2D eigenvalue weighted by Crippen LogP contribution is -2.40. The largest absolute Gasteiger partial charge is 0.331 e. The van der Waals surface area contributed by atoms with E-state index in [1.165, 1.54) is 6.33 Å². The van der Waals surface area contributed by atoms with Crippen LogP contribution in [0.25, 0.3) is 5.65 Å². The normalized spacial score (nSPS) is 18.8. The standard InChI is InChI=1S/C14H12N6O3S/c21-14(16-10-3-4-12-17-15-9-20(12)8-10)11-2-1-5-19-6-7-24(22,23)18-13(11)19/h1-5,8-9H,6-7H2,(H,16,21). The highest BCUT2D eigenvalue weighted by atomic mass is 32.2. The van der Waals surface area contributed by atoms with Crippen molar-refractivity contribution in [1.29, 1.82) is 0 Å². The fraction of sp³-hybridized carbons (Fsp3) is 0.143. The minimum absolute atomic E-state index is 0.0694. The molecule has 0 spiro atoms. The van der Waals surface area contributed by atoms with Gasteiger partial charge in [0.25, 0.3) is 15.9 Å². The van der Waals surface area contributed by atoms with Crippen molar-refractivity contribution in [2.75, 3.05) is 17.6 Å². The number of sulfonamides is 1. The number of anilines is 1. The van der Waals surface area contributed by atoms with Gasteiger partial charge in [0.2, 0.25) is 0 Å². The Balaban J connectivity index is 1.64. The minimum atomic E-state index is -3.54. The fourth-order valence-electron chi connectivity index (χ4n) is 2.49. The molecule has 0 atom stereocenters. The van der Waals surface area contributed by atoms with Crippen LogP contribution in [0, 0.1) is 0 Å². The summed E-state index contributed by atoms with van der Waals surface area (Å²) in [5, 5.41) is 10.4. The smallest absolute Gasteiger partial charge is 0.259 e. The number of fused-ring (bicyclic) bond motifs is 2. The molecule has 0 fully saturated rings. The average Bonchev–Trinajstić information content (AvgIpc) is 3.01. The first-order chi connectivity index (χ1) is 11.5. The predicted molar refractivity (Wildman–Crippen MR) is 86.8 cm³/mol. The van der Waals surface area contributed by atoms with E-state index in [2.05, 4.69) is 19.9 Å². The lowest BCUT2D eigenvalue weighted by Gasteiger charge is -2.28. The number of amides is 1. The predicted octanol–water partition coefficient (Wildman–Crippen LogP) is 0.165. The molecule has 0 aromatic carbocycles. The number of aromatic nitrogens is 3. The van der Waals surface area contributed by atoms with Crippen LogP contribution in [0.4, 0.5) is 5.69 Å². The van der Waals surface area contributed by atoms with Crippen LogP contribution in [0.1, 0.15) is 0 Å². The van der Waals surface area contributed by atoms with E-state index < -0.39 is 15.9 Å². The molecule has 10 heteroatoms. The molecule has 24 heavy (non-hydrogen) atoms. The highest BCUT2D eigenvalue weighted by Crippen LogP contribution is 2.19. The molecule has 0 bridgehead atoms. The Bertz CT molecular complexity index is 1030. The SMILES string of the molecule is O=C(Nc1ccc2nncn2c1)C1=CC=CN2CCS(=O)(=O)N=C12. The number of amidine groups is 1. The van der Waals surface area contributed by atoms with Crippen LogP contribution in [0.3, 0.4) is 0 Å². The van der Waals surface area contributed by atoms with Crippen molar-refractivity contribution in [2.24, 2.45) is 4.40 Å². The van der Waals surface area contributed by atoms with Crippen molar-refractivity contribution < 1.29 is 13.2 Å². The third-order valence-electron chi connectivity index (χ3n) is 3.65. The number of carbonyl (C=O) groups is 1. The molecule has 4 rings (SSSR count). The molecule has 2 aliphatic rings. The maximum atomic E-state index is 12.6. The van der Waals surface area contributed by atoms with Crippen LogP contribution in [0.2, 0.25) is 0 Å². The van der Waals surface area contributed by atoms with E-state index in [1.54, 1.807) is 46.0 Å². The summed E-state index contributed by atoms with van der Waals surface area (Å²) in [5.74, 6) is -0.362. The summed E-state index contributed by atoms with van der Waals surface area (Å²) in [7, 11) is -3.54. The Hall–Kier alpha value is -3.01. The second kappa shape index (κ2) is 5.27. The molecule has 4 heterocycles. The molecule has 0 aliphatic carbocycles. The zero-order valence-electron chi connectivity index (χ0n) is 12.3. The van der Waals surface area contributed by atoms with E-state index in [0.717, 1.165) is 0 Å². The number of hydrogen-bond donors (Lipinski definition) is 1. The van der Waals surface area contributed by atoms with Crippen LogP contribution in [0.5, 0.6) is 0 Å². The topological polar surface area (TPSA) is 109 Å². The first-order valence-electron chi connectivity index (χ1n) is 7.11. The van der Waals surface area contributed by atoms with Gasteiger partial charge in [-0.15, -0.1) is 14.6 Å². The maximum absolute atomic E-state index is 12.6. The Kier molecular flexibility index (Phi) is 3.20. The van der Waals surface area contributed by atoms with Crippen LogP contribution >= 0.6 is 0 Å². The van der Waals surface area contributed by atoms with Gasteiger partial charge in [-0.25, -0.2) is 8.42 Å². The van der Waals surface area contributed by atoms with Gasteiger partial charge in [0.1, 0.15) is 6.33 Å². The number of hydrogen-bond acceptors (Lipinski definition) is 6. The molecule has 2 aromatic heterocycles. The van der Waals surface area contributed by atoms with Crippen LogP contribution in [-0.2, 0) is 14.8 Å². The third-order valence-corrected chi connectivity index (χ3v) is 4.80. The summed E-state index contributed by atoms with van der Waals surface area (Å²) >= 11 is 0. The van der Waals surface area contributed by atoms with Crippen molar-refractivity contribution in [2.45, 2.75) is 0 Å². The number of nitrogens with zero attached hydrogens (tertiary/aromatic N) is 5. The Morgan fingerprint density at radius 3 is 3.04 bits per heavy atom. The van der Waals surface area contributed by atoms with E-state index in [9.17, 15) is 13.2 Å². The molecule has 1 N–H and O–H groups in total. The number of nitrogens with one attached hydrogen (secondary N) is 1. The van der Waals surface area contributed by atoms with Crippen LogP contribution < -0.4 is 5.32 Å². The summed E-state index contributed by atoms with van der Waals surface area (Å²) < 4.78 is 28.9. The fourth-order valence-corrected chi connectivity index (χ4v) is 3.48. The van der Waals surface area contributed by atoms with Gasteiger partial charge in [-0.2, -0.15) is 0 Å². The van der Waals surface area contributed by atoms with Gasteiger partial charge in [-0.1, -0.05) is 0 Å². The second-order valence-corrected chi connectivity index (χ2v) is 7.04. The van der Waals surface area contributed by atoms with E-state index >= 15 is 0 Å². The van der Waals surface area contributed by atoms with Gasteiger partial charge in [0, 0.05) is 18.9 Å². The number of pyridine rings is 1. The van der Waals surface area contributed by atoms with Crippen molar-refractivity contribution >= 4 is 33.1 Å². The van der Waals surface area contributed by atoms with Crippen LogP contribution in [-0.4, -0.2) is 52.0 Å². The van der Waals surface area contributed by atoms with Gasteiger partial charge in [-0.05, 0) is 24.3 Å². The summed E-state index contributed by atoms with van der Waals surface area (Å²) in [5.41, 5.74) is 1.39. The molecular formula is C14H12N6O3S. The first kappa shape index (κ1) is 14.6. The molecule has 122 valence electrons. The molecule has 0 saturated carbocycles. The molecule has 0 radical (unpaired) electrons. The average molecular weight is 344 g/mol. The monoisotopic (exact) mass is 344 g/mol. The van der Waals surface area contributed by atoms with Crippen molar-refractivity contribution in [3.63, 3.8) is 0 Å². The lowest BCUT2D eigenvalue weighted by atomic mass is 10.1. The zero-order valence-corrected chi connectivity index (χ0v) is 13.1. The lowest BCUT2D eigenvalue weighted by molar-refractivity contribution is -0.112. The highest BCUT2D eigenvalue weighted by Gasteiger charge is 2.29. The molecule has 2 aromatic rings. The van der Waals surface area contributed by atoms with E-state index in [-0.39, 0.29) is 23.7 Å². The number of allylic oxidation sites excluding steroid dienone is 2. The quantitative estimate of drug-likeness (QED) is 0.831. The van der Waals surface area contributed by atoms with Crippen LogP contribution in [0.15, 0.2) is 53.0 Å². The Morgan fingerprint density at radius 1 is 1.29 bits per heavy atom. The van der Waals surface area contributed by atoms with Gasteiger partial charge >= 0.3 is 0 Å².